The van der Waals surface area contributed by atoms with Crippen molar-refractivity contribution in [3.8, 4) is 0 Å². The molecule has 2 amide bonds. The number of nitrogens with one attached hydrogen (secondary N) is 2. The number of hydrogen-bond acceptors (Lipinski definition) is 2. The van der Waals surface area contributed by atoms with E-state index in [9.17, 15) is 4.79 Å². The highest BCUT2D eigenvalue weighted by molar-refractivity contribution is 9.10. The van der Waals surface area contributed by atoms with Crippen molar-refractivity contribution < 1.29 is 4.79 Å². The van der Waals surface area contributed by atoms with E-state index in [0.29, 0.717) is 6.04 Å². The molecular formula is C13H18BrN3O. The molecule has 18 heavy (non-hydrogen) atoms. The quantitative estimate of drug-likeness (QED) is 0.875. The normalized spacial score (nSPS) is 16.8. The summed E-state index contributed by atoms with van der Waals surface area (Å²) in [5, 5.41) is 6.23. The van der Waals surface area contributed by atoms with Crippen LogP contribution >= 0.6 is 15.9 Å². The van der Waals surface area contributed by atoms with Crippen molar-refractivity contribution in [2.24, 2.45) is 0 Å². The second kappa shape index (κ2) is 6.20. The van der Waals surface area contributed by atoms with Gasteiger partial charge < -0.3 is 15.5 Å². The Labute approximate surface area is 116 Å². The Morgan fingerprint density at radius 3 is 2.78 bits per heavy atom. The Hall–Kier alpha value is -1.07. The zero-order valence-electron chi connectivity index (χ0n) is 10.4. The minimum absolute atomic E-state index is 0.0492. The topological polar surface area (TPSA) is 44.4 Å². The molecule has 0 aliphatic carbocycles. The van der Waals surface area contributed by atoms with Gasteiger partial charge in [-0.25, -0.2) is 4.79 Å². The largest absolute Gasteiger partial charge is 0.336 e. The molecule has 1 heterocycles. The van der Waals surface area contributed by atoms with Gasteiger partial charge in [0.05, 0.1) is 0 Å². The molecule has 1 aromatic carbocycles. The SMILES string of the molecule is CC(NCCN1CCNC1=O)c1ccc(Br)cc1. The van der Waals surface area contributed by atoms with Crippen LogP contribution in [0, 0.1) is 0 Å². The van der Waals surface area contributed by atoms with Crippen molar-refractivity contribution in [1.82, 2.24) is 15.5 Å². The van der Waals surface area contributed by atoms with Crippen molar-refractivity contribution in [2.45, 2.75) is 13.0 Å². The van der Waals surface area contributed by atoms with Crippen LogP contribution in [0.5, 0.6) is 0 Å². The molecule has 1 atom stereocenters. The highest BCUT2D eigenvalue weighted by Crippen LogP contribution is 2.16. The molecule has 1 saturated heterocycles. The first-order valence-electron chi connectivity index (χ1n) is 6.18. The molecule has 1 aromatic rings. The van der Waals surface area contributed by atoms with Crippen molar-refractivity contribution >= 4 is 22.0 Å². The third kappa shape index (κ3) is 3.46. The molecule has 2 rings (SSSR count). The summed E-state index contributed by atoms with van der Waals surface area (Å²) in [5.74, 6) is 0. The van der Waals surface area contributed by atoms with Gasteiger partial charge in [0.2, 0.25) is 0 Å². The average Bonchev–Trinajstić information content (AvgIpc) is 2.76. The van der Waals surface area contributed by atoms with E-state index in [1.807, 2.05) is 17.0 Å². The molecule has 1 aliphatic rings. The Kier molecular flexibility index (Phi) is 4.60. The highest BCUT2D eigenvalue weighted by atomic mass is 79.9. The van der Waals surface area contributed by atoms with Crippen LogP contribution in [0.4, 0.5) is 4.79 Å². The van der Waals surface area contributed by atoms with Gasteiger partial charge in [-0.05, 0) is 24.6 Å². The average molecular weight is 312 g/mol. The molecule has 0 spiro atoms. The van der Waals surface area contributed by atoms with Crippen molar-refractivity contribution in [2.75, 3.05) is 26.2 Å². The lowest BCUT2D eigenvalue weighted by atomic mass is 10.1. The van der Waals surface area contributed by atoms with Crippen LogP contribution in [0.1, 0.15) is 18.5 Å². The number of amides is 2. The van der Waals surface area contributed by atoms with E-state index in [0.717, 1.165) is 30.7 Å². The predicted octanol–water partition coefficient (Wildman–Crippen LogP) is 2.12. The summed E-state index contributed by atoms with van der Waals surface area (Å²) in [4.78, 5) is 13.2. The Balaban J connectivity index is 1.76. The number of nitrogens with zero attached hydrogens (tertiary/aromatic N) is 1. The summed E-state index contributed by atoms with van der Waals surface area (Å²) in [7, 11) is 0. The summed E-state index contributed by atoms with van der Waals surface area (Å²) >= 11 is 3.43. The van der Waals surface area contributed by atoms with Gasteiger partial charge in [0.1, 0.15) is 0 Å². The zero-order chi connectivity index (χ0) is 13.0. The molecule has 4 nitrogen and oxygen atoms in total. The maximum Gasteiger partial charge on any atom is 0.317 e. The van der Waals surface area contributed by atoms with Crippen LogP contribution in [0.15, 0.2) is 28.7 Å². The number of halogens is 1. The molecule has 1 aliphatic heterocycles. The van der Waals surface area contributed by atoms with Crippen molar-refractivity contribution in [3.05, 3.63) is 34.3 Å². The highest BCUT2D eigenvalue weighted by Gasteiger charge is 2.18. The summed E-state index contributed by atoms with van der Waals surface area (Å²) in [6.07, 6.45) is 0. The molecule has 0 aromatic heterocycles. The van der Waals surface area contributed by atoms with Crippen LogP contribution in [-0.4, -0.2) is 37.1 Å². The Morgan fingerprint density at radius 2 is 2.17 bits per heavy atom. The van der Waals surface area contributed by atoms with Gasteiger partial charge in [-0.3, -0.25) is 0 Å². The third-order valence-corrected chi connectivity index (χ3v) is 3.68. The van der Waals surface area contributed by atoms with Gasteiger partial charge in [-0.15, -0.1) is 0 Å². The van der Waals surface area contributed by atoms with Gasteiger partial charge >= 0.3 is 6.03 Å². The lowest BCUT2D eigenvalue weighted by Gasteiger charge is -2.18. The van der Waals surface area contributed by atoms with Gasteiger partial charge in [0.25, 0.3) is 0 Å². The second-order valence-electron chi connectivity index (χ2n) is 4.45. The van der Waals surface area contributed by atoms with Crippen LogP contribution < -0.4 is 10.6 Å². The number of hydrogen-bond donors (Lipinski definition) is 2. The minimum atomic E-state index is 0.0492. The van der Waals surface area contributed by atoms with E-state index in [-0.39, 0.29) is 6.03 Å². The van der Waals surface area contributed by atoms with Crippen LogP contribution in [0.25, 0.3) is 0 Å². The number of carbonyl (C=O) groups is 1. The number of carbonyl (C=O) groups excluding carboxylic acids is 1. The molecule has 2 N–H and O–H groups in total. The summed E-state index contributed by atoms with van der Waals surface area (Å²) in [6, 6.07) is 8.63. The van der Waals surface area contributed by atoms with Crippen molar-refractivity contribution in [1.29, 1.82) is 0 Å². The first kappa shape index (κ1) is 13.4. The maximum absolute atomic E-state index is 11.3. The van der Waals surface area contributed by atoms with E-state index < -0.39 is 0 Å². The van der Waals surface area contributed by atoms with Gasteiger partial charge in [-0.2, -0.15) is 0 Å². The molecular weight excluding hydrogens is 294 g/mol. The fraction of sp³-hybridized carbons (Fsp3) is 0.462. The van der Waals surface area contributed by atoms with E-state index >= 15 is 0 Å². The molecule has 5 heteroatoms. The lowest BCUT2D eigenvalue weighted by Crippen LogP contribution is -2.35. The van der Waals surface area contributed by atoms with E-state index in [1.165, 1.54) is 5.56 Å². The smallest absolute Gasteiger partial charge is 0.317 e. The van der Waals surface area contributed by atoms with Crippen LogP contribution in [0.3, 0.4) is 0 Å². The molecule has 0 bridgehead atoms. The fourth-order valence-electron chi connectivity index (χ4n) is 2.01. The summed E-state index contributed by atoms with van der Waals surface area (Å²) < 4.78 is 1.09. The van der Waals surface area contributed by atoms with Gasteiger partial charge in [-0.1, -0.05) is 28.1 Å². The molecule has 0 saturated carbocycles. The predicted molar refractivity (Wildman–Crippen MR) is 75.5 cm³/mol. The summed E-state index contributed by atoms with van der Waals surface area (Å²) in [5.41, 5.74) is 1.25. The van der Waals surface area contributed by atoms with Crippen molar-refractivity contribution in [3.63, 3.8) is 0 Å². The minimum Gasteiger partial charge on any atom is -0.336 e. The first-order chi connectivity index (χ1) is 8.66. The standard InChI is InChI=1S/C13H18BrN3O/c1-10(11-2-4-12(14)5-3-11)15-6-8-17-9-7-16-13(17)18/h2-5,10,15H,6-9H2,1H3,(H,16,18). The molecule has 1 unspecified atom stereocenters. The van der Waals surface area contributed by atoms with Crippen LogP contribution in [0.2, 0.25) is 0 Å². The fourth-order valence-corrected chi connectivity index (χ4v) is 2.27. The molecule has 98 valence electrons. The number of benzene rings is 1. The van der Waals surface area contributed by atoms with E-state index in [2.05, 4.69) is 45.6 Å². The number of rotatable bonds is 5. The maximum atomic E-state index is 11.3. The number of urea groups is 1. The van der Waals surface area contributed by atoms with E-state index in [1.54, 1.807) is 0 Å². The summed E-state index contributed by atoms with van der Waals surface area (Å²) in [6.45, 7) is 5.28. The van der Waals surface area contributed by atoms with Gasteiger partial charge in [0, 0.05) is 36.7 Å². The third-order valence-electron chi connectivity index (χ3n) is 3.15. The Morgan fingerprint density at radius 1 is 1.44 bits per heavy atom. The molecule has 0 radical (unpaired) electrons. The van der Waals surface area contributed by atoms with Gasteiger partial charge in [0.15, 0.2) is 0 Å². The Bertz CT molecular complexity index is 407. The lowest BCUT2D eigenvalue weighted by molar-refractivity contribution is 0.217. The van der Waals surface area contributed by atoms with Crippen LogP contribution in [-0.2, 0) is 0 Å². The monoisotopic (exact) mass is 311 g/mol. The zero-order valence-corrected chi connectivity index (χ0v) is 12.0. The first-order valence-corrected chi connectivity index (χ1v) is 6.98. The second-order valence-corrected chi connectivity index (χ2v) is 5.36. The molecule has 1 fully saturated rings. The van der Waals surface area contributed by atoms with E-state index in [4.69, 9.17) is 0 Å².